The van der Waals surface area contributed by atoms with Crippen molar-refractivity contribution in [3.8, 4) is 0 Å². The number of carbonyl (C=O) groups excluding carboxylic acids is 1. The Labute approximate surface area is 144 Å². The highest BCUT2D eigenvalue weighted by molar-refractivity contribution is 5.89. The van der Waals surface area contributed by atoms with Gasteiger partial charge in [-0.3, -0.25) is 0 Å². The van der Waals surface area contributed by atoms with Gasteiger partial charge in [0.15, 0.2) is 0 Å². The summed E-state index contributed by atoms with van der Waals surface area (Å²) in [5, 5.41) is 2.96. The van der Waals surface area contributed by atoms with Gasteiger partial charge in [-0.1, -0.05) is 0 Å². The number of nitrogens with one attached hydrogen (secondary N) is 1. The molecule has 0 unspecified atom stereocenters. The molecule has 3 heterocycles. The van der Waals surface area contributed by atoms with Gasteiger partial charge in [-0.15, -0.1) is 0 Å². The van der Waals surface area contributed by atoms with Crippen molar-refractivity contribution in [3.05, 3.63) is 18.3 Å². The number of pyridine rings is 1. The van der Waals surface area contributed by atoms with E-state index in [9.17, 15) is 4.79 Å². The van der Waals surface area contributed by atoms with Crippen LogP contribution in [0.3, 0.4) is 0 Å². The molecule has 1 aromatic rings. The van der Waals surface area contributed by atoms with Crippen LogP contribution in [0.25, 0.3) is 0 Å². The summed E-state index contributed by atoms with van der Waals surface area (Å²) in [7, 11) is 0. The van der Waals surface area contributed by atoms with Crippen LogP contribution in [0.1, 0.15) is 32.6 Å². The van der Waals surface area contributed by atoms with Crippen LogP contribution < -0.4 is 10.2 Å². The molecular weight excluding hydrogens is 304 g/mol. The number of piperidine rings is 1. The van der Waals surface area contributed by atoms with E-state index >= 15 is 0 Å². The topological polar surface area (TPSA) is 57.7 Å². The maximum absolute atomic E-state index is 12.5. The number of nitrogens with zero attached hydrogens (tertiary/aromatic N) is 3. The number of amides is 2. The lowest BCUT2D eigenvalue weighted by Gasteiger charge is -2.28. The molecule has 132 valence electrons. The van der Waals surface area contributed by atoms with Crippen molar-refractivity contribution >= 4 is 17.5 Å². The normalized spacial score (nSPS) is 20.9. The fourth-order valence-electron chi connectivity index (χ4n) is 3.37. The van der Waals surface area contributed by atoms with Gasteiger partial charge in [0.1, 0.15) is 5.82 Å². The summed E-state index contributed by atoms with van der Waals surface area (Å²) in [6.07, 6.45) is 6.57. The van der Waals surface area contributed by atoms with Crippen molar-refractivity contribution < 1.29 is 9.53 Å². The molecule has 3 rings (SSSR count). The van der Waals surface area contributed by atoms with Crippen LogP contribution in [0.15, 0.2) is 18.3 Å². The minimum Gasteiger partial charge on any atom is -0.381 e. The lowest BCUT2D eigenvalue weighted by atomic mass is 10.1. The minimum atomic E-state index is -0.0584. The highest BCUT2D eigenvalue weighted by atomic mass is 16.5. The molecule has 0 aromatic carbocycles. The van der Waals surface area contributed by atoms with Gasteiger partial charge >= 0.3 is 6.03 Å². The largest absolute Gasteiger partial charge is 0.381 e. The van der Waals surface area contributed by atoms with E-state index in [4.69, 9.17) is 4.74 Å². The first-order valence-corrected chi connectivity index (χ1v) is 9.11. The Morgan fingerprint density at radius 3 is 2.83 bits per heavy atom. The molecule has 0 radical (unpaired) electrons. The Bertz CT molecular complexity index is 522. The first kappa shape index (κ1) is 17.0. The Morgan fingerprint density at radius 2 is 2.21 bits per heavy atom. The molecular formula is C18H28N4O2. The molecule has 2 amide bonds. The minimum absolute atomic E-state index is 0.0584. The van der Waals surface area contributed by atoms with Crippen LogP contribution in [-0.4, -0.2) is 55.3 Å². The average molecular weight is 332 g/mol. The third-order valence-corrected chi connectivity index (χ3v) is 4.85. The Kier molecular flexibility index (Phi) is 5.91. The molecule has 2 aliphatic rings. The summed E-state index contributed by atoms with van der Waals surface area (Å²) >= 11 is 0. The molecule has 2 aliphatic heterocycles. The molecule has 0 spiro atoms. The van der Waals surface area contributed by atoms with E-state index in [1.807, 2.05) is 24.0 Å². The standard InChI is InChI=1S/C18H28N4O2/c1-2-21(13-15-8-11-24-14-15)18(23)20-16-6-7-17(19-12-16)22-9-4-3-5-10-22/h6-7,12,15H,2-5,8-11,13-14H2,1H3,(H,20,23)/t15-/m1/s1. The second-order valence-corrected chi connectivity index (χ2v) is 6.65. The predicted octanol–water partition coefficient (Wildman–Crippen LogP) is 2.96. The van der Waals surface area contributed by atoms with E-state index in [1.54, 1.807) is 6.20 Å². The van der Waals surface area contributed by atoms with Gasteiger partial charge in [-0.2, -0.15) is 0 Å². The summed E-state index contributed by atoms with van der Waals surface area (Å²) in [4.78, 5) is 21.1. The zero-order valence-electron chi connectivity index (χ0n) is 14.5. The molecule has 6 heteroatoms. The van der Waals surface area contributed by atoms with E-state index in [1.165, 1.54) is 19.3 Å². The third kappa shape index (κ3) is 4.38. The summed E-state index contributed by atoms with van der Waals surface area (Å²) in [5.74, 6) is 1.46. The lowest BCUT2D eigenvalue weighted by Crippen LogP contribution is -2.38. The van der Waals surface area contributed by atoms with Crippen LogP contribution in [0.2, 0.25) is 0 Å². The summed E-state index contributed by atoms with van der Waals surface area (Å²) in [6, 6.07) is 3.89. The van der Waals surface area contributed by atoms with E-state index < -0.39 is 0 Å². The molecule has 2 fully saturated rings. The fourth-order valence-corrected chi connectivity index (χ4v) is 3.37. The SMILES string of the molecule is CCN(C[C@H]1CCOC1)C(=O)Nc1ccc(N2CCCCC2)nc1. The van der Waals surface area contributed by atoms with Crippen molar-refractivity contribution in [2.45, 2.75) is 32.6 Å². The first-order chi connectivity index (χ1) is 11.8. The van der Waals surface area contributed by atoms with Crippen LogP contribution >= 0.6 is 0 Å². The average Bonchev–Trinajstić information content (AvgIpc) is 3.14. The number of hydrogen-bond acceptors (Lipinski definition) is 4. The van der Waals surface area contributed by atoms with Crippen LogP contribution in [0.4, 0.5) is 16.3 Å². The van der Waals surface area contributed by atoms with Crippen molar-refractivity contribution in [2.75, 3.05) is 49.6 Å². The second-order valence-electron chi connectivity index (χ2n) is 6.65. The summed E-state index contributed by atoms with van der Waals surface area (Å²) in [6.45, 7) is 7.18. The van der Waals surface area contributed by atoms with Crippen LogP contribution in [0.5, 0.6) is 0 Å². The van der Waals surface area contributed by atoms with Crippen molar-refractivity contribution in [1.29, 1.82) is 0 Å². The predicted molar refractivity (Wildman–Crippen MR) is 95.5 cm³/mol. The monoisotopic (exact) mass is 332 g/mol. The van der Waals surface area contributed by atoms with Gasteiger partial charge in [-0.25, -0.2) is 9.78 Å². The highest BCUT2D eigenvalue weighted by Gasteiger charge is 2.21. The van der Waals surface area contributed by atoms with Gasteiger partial charge in [0.05, 0.1) is 18.5 Å². The van der Waals surface area contributed by atoms with Gasteiger partial charge in [0.25, 0.3) is 0 Å². The maximum Gasteiger partial charge on any atom is 0.321 e. The van der Waals surface area contributed by atoms with Crippen LogP contribution in [-0.2, 0) is 4.74 Å². The Balaban J connectivity index is 1.54. The van der Waals surface area contributed by atoms with Crippen LogP contribution in [0, 0.1) is 5.92 Å². The zero-order chi connectivity index (χ0) is 16.8. The second kappa shape index (κ2) is 8.33. The number of rotatable bonds is 5. The number of carbonyl (C=O) groups is 1. The van der Waals surface area contributed by atoms with E-state index in [0.717, 1.165) is 50.8 Å². The van der Waals surface area contributed by atoms with Crippen molar-refractivity contribution in [3.63, 3.8) is 0 Å². The smallest absolute Gasteiger partial charge is 0.321 e. The van der Waals surface area contributed by atoms with E-state index in [2.05, 4.69) is 15.2 Å². The summed E-state index contributed by atoms with van der Waals surface area (Å²) < 4.78 is 5.40. The molecule has 6 nitrogen and oxygen atoms in total. The van der Waals surface area contributed by atoms with E-state index in [0.29, 0.717) is 12.5 Å². The molecule has 2 saturated heterocycles. The first-order valence-electron chi connectivity index (χ1n) is 9.11. The molecule has 0 aliphatic carbocycles. The maximum atomic E-state index is 12.5. The van der Waals surface area contributed by atoms with Gasteiger partial charge in [0, 0.05) is 38.7 Å². The van der Waals surface area contributed by atoms with Gasteiger partial charge < -0.3 is 19.9 Å². The number of aromatic nitrogens is 1. The van der Waals surface area contributed by atoms with Crippen molar-refractivity contribution in [1.82, 2.24) is 9.88 Å². The third-order valence-electron chi connectivity index (χ3n) is 4.85. The van der Waals surface area contributed by atoms with Crippen molar-refractivity contribution in [2.24, 2.45) is 5.92 Å². The fraction of sp³-hybridized carbons (Fsp3) is 0.667. The number of urea groups is 1. The summed E-state index contributed by atoms with van der Waals surface area (Å²) in [5.41, 5.74) is 0.752. The molecule has 1 aromatic heterocycles. The lowest BCUT2D eigenvalue weighted by molar-refractivity contribution is 0.171. The number of anilines is 2. The molecule has 1 N–H and O–H groups in total. The molecule has 0 saturated carbocycles. The van der Waals surface area contributed by atoms with E-state index in [-0.39, 0.29) is 6.03 Å². The molecule has 1 atom stereocenters. The van der Waals surface area contributed by atoms with Gasteiger partial charge in [0.2, 0.25) is 0 Å². The Morgan fingerprint density at radius 1 is 1.38 bits per heavy atom. The Hall–Kier alpha value is -1.82. The number of ether oxygens (including phenoxy) is 1. The zero-order valence-corrected chi connectivity index (χ0v) is 14.5. The molecule has 0 bridgehead atoms. The highest BCUT2D eigenvalue weighted by Crippen LogP contribution is 2.19. The quantitative estimate of drug-likeness (QED) is 0.901. The van der Waals surface area contributed by atoms with Gasteiger partial charge in [-0.05, 0) is 44.7 Å². The number of hydrogen-bond donors (Lipinski definition) is 1. The molecule has 24 heavy (non-hydrogen) atoms.